The van der Waals surface area contributed by atoms with Crippen LogP contribution in [0.25, 0.3) is 16.9 Å². The van der Waals surface area contributed by atoms with Crippen LogP contribution in [0.5, 0.6) is 11.5 Å². The van der Waals surface area contributed by atoms with E-state index >= 15 is 0 Å². The van der Waals surface area contributed by atoms with Gasteiger partial charge in [0.25, 0.3) is 0 Å². The number of aryl methyl sites for hydroxylation is 1. The van der Waals surface area contributed by atoms with E-state index in [4.69, 9.17) is 9.47 Å². The monoisotopic (exact) mass is 358 g/mol. The summed E-state index contributed by atoms with van der Waals surface area (Å²) in [7, 11) is 0. The number of anilines is 1. The van der Waals surface area contributed by atoms with Gasteiger partial charge in [0.2, 0.25) is 6.79 Å². The van der Waals surface area contributed by atoms with Crippen molar-refractivity contribution in [3.05, 3.63) is 72.2 Å². The van der Waals surface area contributed by atoms with Crippen LogP contribution in [-0.4, -0.2) is 21.2 Å². The van der Waals surface area contributed by atoms with Crippen LogP contribution in [0.15, 0.2) is 61.1 Å². The van der Waals surface area contributed by atoms with Gasteiger partial charge in [0.05, 0.1) is 11.9 Å². The molecule has 0 spiro atoms. The molecule has 27 heavy (non-hydrogen) atoms. The van der Waals surface area contributed by atoms with Gasteiger partial charge in [-0.15, -0.1) is 0 Å². The van der Waals surface area contributed by atoms with Crippen molar-refractivity contribution in [3.8, 4) is 22.8 Å². The third-order valence-corrected chi connectivity index (χ3v) is 4.64. The Kier molecular flexibility index (Phi) is 3.67. The van der Waals surface area contributed by atoms with Crippen LogP contribution < -0.4 is 14.8 Å². The molecule has 1 aliphatic heterocycles. The lowest BCUT2D eigenvalue weighted by atomic mass is 10.1. The number of fused-ring (bicyclic) bond motifs is 2. The SMILES string of the molecule is Cc1cccc(-c2cnc3c(NCc4ccc5c(c4)OCO5)nccn23)c1. The minimum absolute atomic E-state index is 0.281. The second-order valence-corrected chi connectivity index (χ2v) is 6.52. The van der Waals surface area contributed by atoms with Gasteiger partial charge in [0.1, 0.15) is 0 Å². The summed E-state index contributed by atoms with van der Waals surface area (Å²) >= 11 is 0. The molecule has 2 aromatic heterocycles. The second-order valence-electron chi connectivity index (χ2n) is 6.52. The number of benzene rings is 2. The Morgan fingerprint density at radius 2 is 2.00 bits per heavy atom. The fraction of sp³-hybridized carbons (Fsp3) is 0.143. The van der Waals surface area contributed by atoms with E-state index in [1.807, 2.05) is 30.6 Å². The highest BCUT2D eigenvalue weighted by Crippen LogP contribution is 2.32. The lowest BCUT2D eigenvalue weighted by Gasteiger charge is -2.09. The molecule has 6 nitrogen and oxygen atoms in total. The molecule has 1 aliphatic rings. The smallest absolute Gasteiger partial charge is 0.231 e. The van der Waals surface area contributed by atoms with Crippen molar-refractivity contribution in [1.82, 2.24) is 14.4 Å². The van der Waals surface area contributed by atoms with Crippen molar-refractivity contribution in [2.75, 3.05) is 12.1 Å². The molecule has 0 saturated carbocycles. The van der Waals surface area contributed by atoms with E-state index in [0.717, 1.165) is 39.8 Å². The lowest BCUT2D eigenvalue weighted by molar-refractivity contribution is 0.174. The zero-order chi connectivity index (χ0) is 18.2. The average Bonchev–Trinajstić information content (AvgIpc) is 3.33. The number of imidazole rings is 1. The normalized spacial score (nSPS) is 12.5. The highest BCUT2D eigenvalue weighted by Gasteiger charge is 2.14. The first-order valence-corrected chi connectivity index (χ1v) is 8.79. The fourth-order valence-corrected chi connectivity index (χ4v) is 3.30. The predicted octanol–water partition coefficient (Wildman–Crippen LogP) is 4.05. The topological polar surface area (TPSA) is 60.7 Å². The van der Waals surface area contributed by atoms with Crippen LogP contribution in [0.1, 0.15) is 11.1 Å². The van der Waals surface area contributed by atoms with E-state index in [9.17, 15) is 0 Å². The van der Waals surface area contributed by atoms with Gasteiger partial charge in [-0.2, -0.15) is 0 Å². The number of nitrogens with one attached hydrogen (secondary N) is 1. The van der Waals surface area contributed by atoms with Crippen LogP contribution in [0.3, 0.4) is 0 Å². The molecular weight excluding hydrogens is 340 g/mol. The third kappa shape index (κ3) is 2.85. The Morgan fingerprint density at radius 3 is 2.93 bits per heavy atom. The first kappa shape index (κ1) is 15.7. The molecule has 6 heteroatoms. The number of hydrogen-bond acceptors (Lipinski definition) is 5. The molecule has 0 saturated heterocycles. The Hall–Kier alpha value is -3.54. The van der Waals surface area contributed by atoms with Gasteiger partial charge in [0, 0.05) is 24.5 Å². The van der Waals surface area contributed by atoms with Crippen LogP contribution in [0.2, 0.25) is 0 Å². The Morgan fingerprint density at radius 1 is 1.07 bits per heavy atom. The molecule has 0 amide bonds. The van der Waals surface area contributed by atoms with Crippen LogP contribution >= 0.6 is 0 Å². The Bertz CT molecular complexity index is 1140. The summed E-state index contributed by atoms with van der Waals surface area (Å²) in [6.45, 7) is 2.99. The van der Waals surface area contributed by atoms with Gasteiger partial charge in [0.15, 0.2) is 23.0 Å². The highest BCUT2D eigenvalue weighted by molar-refractivity contribution is 5.70. The maximum absolute atomic E-state index is 5.44. The zero-order valence-electron chi connectivity index (χ0n) is 14.8. The van der Waals surface area contributed by atoms with E-state index in [-0.39, 0.29) is 6.79 Å². The summed E-state index contributed by atoms with van der Waals surface area (Å²) in [4.78, 5) is 9.06. The number of rotatable bonds is 4. The Labute approximate surface area is 156 Å². The molecule has 0 atom stereocenters. The van der Waals surface area contributed by atoms with Crippen molar-refractivity contribution in [3.63, 3.8) is 0 Å². The molecule has 1 N–H and O–H groups in total. The molecule has 4 aromatic rings. The van der Waals surface area contributed by atoms with Crippen LogP contribution in [0, 0.1) is 6.92 Å². The maximum Gasteiger partial charge on any atom is 0.231 e. The number of ether oxygens (including phenoxy) is 2. The highest BCUT2D eigenvalue weighted by atomic mass is 16.7. The predicted molar refractivity (Wildman–Crippen MR) is 103 cm³/mol. The number of nitrogens with zero attached hydrogens (tertiary/aromatic N) is 3. The van der Waals surface area contributed by atoms with E-state index in [2.05, 4.69) is 50.9 Å². The summed E-state index contributed by atoms with van der Waals surface area (Å²) in [5.74, 6) is 2.31. The van der Waals surface area contributed by atoms with Crippen molar-refractivity contribution < 1.29 is 9.47 Å². The first-order valence-electron chi connectivity index (χ1n) is 8.79. The van der Waals surface area contributed by atoms with Gasteiger partial charge in [-0.1, -0.05) is 29.8 Å². The van der Waals surface area contributed by atoms with Crippen molar-refractivity contribution in [1.29, 1.82) is 0 Å². The molecule has 3 heterocycles. The van der Waals surface area contributed by atoms with Crippen molar-refractivity contribution >= 4 is 11.5 Å². The third-order valence-electron chi connectivity index (χ3n) is 4.64. The molecule has 5 rings (SSSR count). The minimum atomic E-state index is 0.281. The lowest BCUT2D eigenvalue weighted by Crippen LogP contribution is -2.04. The van der Waals surface area contributed by atoms with Gasteiger partial charge in [-0.05, 0) is 30.7 Å². The summed E-state index contributed by atoms with van der Waals surface area (Å²) in [5.41, 5.74) is 5.29. The molecule has 0 radical (unpaired) electrons. The standard InChI is InChI=1S/C21H18N4O2/c1-14-3-2-4-16(9-14)17-12-24-21-20(22-7-8-25(17)21)23-11-15-5-6-18-19(10-15)27-13-26-18/h2-10,12H,11,13H2,1H3,(H,22,23). The largest absolute Gasteiger partial charge is 0.454 e. The number of aromatic nitrogens is 3. The summed E-state index contributed by atoms with van der Waals surface area (Å²) in [5, 5.41) is 3.38. The number of hydrogen-bond donors (Lipinski definition) is 1. The summed E-state index contributed by atoms with van der Waals surface area (Å²) in [6, 6.07) is 14.3. The molecule has 0 fully saturated rings. The molecule has 0 bridgehead atoms. The molecule has 134 valence electrons. The van der Waals surface area contributed by atoms with E-state index in [1.165, 1.54) is 5.56 Å². The van der Waals surface area contributed by atoms with Crippen LogP contribution in [-0.2, 0) is 6.54 Å². The van der Waals surface area contributed by atoms with Gasteiger partial charge >= 0.3 is 0 Å². The van der Waals surface area contributed by atoms with Gasteiger partial charge < -0.3 is 14.8 Å². The van der Waals surface area contributed by atoms with Crippen molar-refractivity contribution in [2.24, 2.45) is 0 Å². The quantitative estimate of drug-likeness (QED) is 0.596. The second kappa shape index (κ2) is 6.32. The molecule has 0 unspecified atom stereocenters. The van der Waals surface area contributed by atoms with Crippen molar-refractivity contribution in [2.45, 2.75) is 13.5 Å². The van der Waals surface area contributed by atoms with Crippen LogP contribution in [0.4, 0.5) is 5.82 Å². The summed E-state index contributed by atoms with van der Waals surface area (Å²) < 4.78 is 12.9. The molecule has 0 aliphatic carbocycles. The van der Waals surface area contributed by atoms with E-state index in [1.54, 1.807) is 6.20 Å². The fourth-order valence-electron chi connectivity index (χ4n) is 3.30. The Balaban J connectivity index is 1.44. The van der Waals surface area contributed by atoms with E-state index < -0.39 is 0 Å². The first-order chi connectivity index (χ1) is 13.3. The van der Waals surface area contributed by atoms with Gasteiger partial charge in [-0.3, -0.25) is 4.40 Å². The minimum Gasteiger partial charge on any atom is -0.454 e. The van der Waals surface area contributed by atoms with Gasteiger partial charge in [-0.25, -0.2) is 9.97 Å². The average molecular weight is 358 g/mol. The zero-order valence-corrected chi connectivity index (χ0v) is 14.8. The van der Waals surface area contributed by atoms with E-state index in [0.29, 0.717) is 6.54 Å². The molecular formula is C21H18N4O2. The summed E-state index contributed by atoms with van der Waals surface area (Å²) in [6.07, 6.45) is 5.61. The molecule has 2 aromatic carbocycles. The maximum atomic E-state index is 5.44.